The smallest absolute Gasteiger partial charge is 0.224 e. The first-order chi connectivity index (χ1) is 13.9. The predicted molar refractivity (Wildman–Crippen MR) is 114 cm³/mol. The Morgan fingerprint density at radius 2 is 1.93 bits per heavy atom. The lowest BCUT2D eigenvalue weighted by Gasteiger charge is -2.24. The number of aryl methyl sites for hydroxylation is 1. The number of amides is 1. The molecule has 6 nitrogen and oxygen atoms in total. The zero-order valence-electron chi connectivity index (χ0n) is 17.4. The van der Waals surface area contributed by atoms with Gasteiger partial charge in [0.05, 0.1) is 25.4 Å². The highest BCUT2D eigenvalue weighted by molar-refractivity contribution is 6.00. The number of ether oxygens (including phenoxy) is 2. The molecule has 6 heteroatoms. The molecule has 0 aliphatic rings. The Morgan fingerprint density at radius 3 is 2.69 bits per heavy atom. The van der Waals surface area contributed by atoms with Crippen LogP contribution in [0, 0.1) is 5.41 Å². The number of benzene rings is 1. The van der Waals surface area contributed by atoms with E-state index < -0.39 is 0 Å². The molecule has 2 heterocycles. The second kappa shape index (κ2) is 8.90. The highest BCUT2D eigenvalue weighted by Gasteiger charge is 2.23. The molecule has 0 aliphatic carbocycles. The molecular weight excluding hydrogens is 366 g/mol. The van der Waals surface area contributed by atoms with E-state index in [0.29, 0.717) is 6.42 Å². The summed E-state index contributed by atoms with van der Waals surface area (Å²) in [5.74, 6) is 1.55. The summed E-state index contributed by atoms with van der Waals surface area (Å²) in [6.45, 7) is 4.21. The second-order valence-corrected chi connectivity index (χ2v) is 7.82. The normalized spacial score (nSPS) is 11.3. The fourth-order valence-corrected chi connectivity index (χ4v) is 3.35. The topological polar surface area (TPSA) is 73.3 Å². The van der Waals surface area contributed by atoms with Crippen molar-refractivity contribution in [2.24, 2.45) is 5.41 Å². The number of fused-ring (bicyclic) bond motifs is 1. The van der Waals surface area contributed by atoms with Gasteiger partial charge in [-0.15, -0.1) is 0 Å². The van der Waals surface area contributed by atoms with Crippen molar-refractivity contribution in [1.29, 1.82) is 0 Å². The maximum absolute atomic E-state index is 12.7. The Hall–Kier alpha value is -3.15. The van der Waals surface area contributed by atoms with Crippen LogP contribution in [-0.4, -0.2) is 30.1 Å². The largest absolute Gasteiger partial charge is 0.497 e. The van der Waals surface area contributed by atoms with Crippen molar-refractivity contribution < 1.29 is 14.3 Å². The van der Waals surface area contributed by atoms with Gasteiger partial charge in [0.15, 0.2) is 0 Å². The molecule has 0 saturated heterocycles. The van der Waals surface area contributed by atoms with Gasteiger partial charge < -0.3 is 14.8 Å². The van der Waals surface area contributed by atoms with Gasteiger partial charge in [-0.1, -0.05) is 19.9 Å². The molecule has 1 N–H and O–H groups in total. The predicted octanol–water partition coefficient (Wildman–Crippen LogP) is 4.63. The van der Waals surface area contributed by atoms with E-state index >= 15 is 0 Å². The van der Waals surface area contributed by atoms with Gasteiger partial charge in [0.1, 0.15) is 11.5 Å². The first-order valence-corrected chi connectivity index (χ1v) is 9.61. The summed E-state index contributed by atoms with van der Waals surface area (Å²) in [5, 5.41) is 3.85. The molecule has 3 rings (SSSR count). The van der Waals surface area contributed by atoms with Crippen LogP contribution < -0.4 is 14.8 Å². The fourth-order valence-electron chi connectivity index (χ4n) is 3.35. The summed E-state index contributed by atoms with van der Waals surface area (Å²) in [6.07, 6.45) is 7.18. The Bertz CT molecular complexity index is 996. The molecule has 3 aromatic rings. The van der Waals surface area contributed by atoms with Crippen LogP contribution in [0.5, 0.6) is 11.5 Å². The highest BCUT2D eigenvalue weighted by atomic mass is 16.5. The molecule has 1 aromatic carbocycles. The number of hydrogen-bond acceptors (Lipinski definition) is 5. The molecule has 29 heavy (non-hydrogen) atoms. The van der Waals surface area contributed by atoms with Crippen LogP contribution >= 0.6 is 0 Å². The van der Waals surface area contributed by atoms with Gasteiger partial charge in [-0.25, -0.2) is 0 Å². The average Bonchev–Trinajstić information content (AvgIpc) is 2.72. The number of anilines is 1. The number of rotatable bonds is 8. The number of pyridine rings is 2. The zero-order chi connectivity index (χ0) is 20.9. The van der Waals surface area contributed by atoms with Crippen LogP contribution in [0.3, 0.4) is 0 Å². The van der Waals surface area contributed by atoms with Gasteiger partial charge in [0.25, 0.3) is 0 Å². The van der Waals surface area contributed by atoms with E-state index in [1.807, 2.05) is 24.3 Å². The standard InChI is InChI=1S/C23H27N3O3/c1-23(2,10-7-16-5-6-17(28-3)13-21(16)29-4)14-22(27)26-20-9-12-25-19-8-11-24-15-18(19)20/h5-6,8-9,11-13,15H,7,10,14H2,1-4H3,(H,25,26,27). The quantitative estimate of drug-likeness (QED) is 0.604. The molecule has 0 fully saturated rings. The number of hydrogen-bond donors (Lipinski definition) is 1. The van der Waals surface area contributed by atoms with Crippen molar-refractivity contribution in [1.82, 2.24) is 9.97 Å². The third-order valence-corrected chi connectivity index (χ3v) is 5.02. The molecule has 1 amide bonds. The van der Waals surface area contributed by atoms with Crippen LogP contribution in [0.4, 0.5) is 5.69 Å². The van der Waals surface area contributed by atoms with Crippen molar-refractivity contribution in [2.45, 2.75) is 33.1 Å². The van der Waals surface area contributed by atoms with Gasteiger partial charge >= 0.3 is 0 Å². The second-order valence-electron chi connectivity index (χ2n) is 7.82. The number of aromatic nitrogens is 2. The first-order valence-electron chi connectivity index (χ1n) is 9.61. The van der Waals surface area contributed by atoms with Crippen LogP contribution in [0.25, 0.3) is 10.9 Å². The number of nitrogens with one attached hydrogen (secondary N) is 1. The van der Waals surface area contributed by atoms with E-state index in [0.717, 1.165) is 46.5 Å². The molecule has 0 atom stereocenters. The fraction of sp³-hybridized carbons (Fsp3) is 0.348. The first kappa shape index (κ1) is 20.6. The average molecular weight is 393 g/mol. The summed E-state index contributed by atoms with van der Waals surface area (Å²) in [7, 11) is 3.29. The summed E-state index contributed by atoms with van der Waals surface area (Å²) < 4.78 is 10.7. The minimum atomic E-state index is -0.171. The molecule has 0 saturated carbocycles. The maximum atomic E-state index is 12.7. The SMILES string of the molecule is COc1ccc(CCC(C)(C)CC(=O)Nc2ccnc3ccncc23)c(OC)c1. The lowest BCUT2D eigenvalue weighted by atomic mass is 9.82. The Morgan fingerprint density at radius 1 is 1.10 bits per heavy atom. The minimum Gasteiger partial charge on any atom is -0.497 e. The monoisotopic (exact) mass is 393 g/mol. The van der Waals surface area contributed by atoms with E-state index in [-0.39, 0.29) is 11.3 Å². The molecule has 0 bridgehead atoms. The van der Waals surface area contributed by atoms with Crippen LogP contribution in [0.1, 0.15) is 32.3 Å². The lowest BCUT2D eigenvalue weighted by molar-refractivity contribution is -0.118. The summed E-state index contributed by atoms with van der Waals surface area (Å²) >= 11 is 0. The molecule has 0 unspecified atom stereocenters. The Labute approximate surface area is 171 Å². The van der Waals surface area contributed by atoms with Crippen LogP contribution in [0.2, 0.25) is 0 Å². The number of methoxy groups -OCH3 is 2. The third-order valence-electron chi connectivity index (χ3n) is 5.02. The minimum absolute atomic E-state index is 0.0203. The number of nitrogens with zero attached hydrogens (tertiary/aromatic N) is 2. The van der Waals surface area contributed by atoms with E-state index in [1.54, 1.807) is 38.9 Å². The van der Waals surface area contributed by atoms with Crippen molar-refractivity contribution in [3.05, 3.63) is 54.5 Å². The van der Waals surface area contributed by atoms with E-state index in [4.69, 9.17) is 9.47 Å². The molecule has 152 valence electrons. The van der Waals surface area contributed by atoms with Gasteiger partial charge in [0, 0.05) is 36.5 Å². The van der Waals surface area contributed by atoms with Gasteiger partial charge in [0.2, 0.25) is 5.91 Å². The van der Waals surface area contributed by atoms with Crippen LogP contribution in [0.15, 0.2) is 48.9 Å². The number of carbonyl (C=O) groups is 1. The van der Waals surface area contributed by atoms with Gasteiger partial charge in [-0.3, -0.25) is 14.8 Å². The van der Waals surface area contributed by atoms with Crippen molar-refractivity contribution in [3.8, 4) is 11.5 Å². The highest BCUT2D eigenvalue weighted by Crippen LogP contribution is 2.32. The van der Waals surface area contributed by atoms with Crippen LogP contribution in [-0.2, 0) is 11.2 Å². The Kier molecular flexibility index (Phi) is 6.32. The van der Waals surface area contributed by atoms with Crippen molar-refractivity contribution >= 4 is 22.5 Å². The van der Waals surface area contributed by atoms with Gasteiger partial charge in [-0.05, 0) is 42.0 Å². The summed E-state index contributed by atoms with van der Waals surface area (Å²) in [5.41, 5.74) is 2.48. The van der Waals surface area contributed by atoms with Gasteiger partial charge in [-0.2, -0.15) is 0 Å². The zero-order valence-corrected chi connectivity index (χ0v) is 17.4. The van der Waals surface area contributed by atoms with Crippen molar-refractivity contribution in [3.63, 3.8) is 0 Å². The summed E-state index contributed by atoms with van der Waals surface area (Å²) in [4.78, 5) is 21.1. The molecule has 2 aromatic heterocycles. The van der Waals surface area contributed by atoms with E-state index in [2.05, 4.69) is 29.1 Å². The third kappa shape index (κ3) is 5.22. The summed E-state index contributed by atoms with van der Waals surface area (Å²) in [6, 6.07) is 9.47. The van der Waals surface area contributed by atoms with E-state index in [9.17, 15) is 4.79 Å². The molecular formula is C23H27N3O3. The van der Waals surface area contributed by atoms with Crippen molar-refractivity contribution in [2.75, 3.05) is 19.5 Å². The molecule has 0 aliphatic heterocycles. The maximum Gasteiger partial charge on any atom is 0.224 e. The Balaban J connectivity index is 1.64. The number of carbonyl (C=O) groups excluding carboxylic acids is 1. The lowest BCUT2D eigenvalue weighted by Crippen LogP contribution is -2.23. The molecule has 0 radical (unpaired) electrons. The molecule has 0 spiro atoms. The van der Waals surface area contributed by atoms with E-state index in [1.165, 1.54) is 0 Å².